The van der Waals surface area contributed by atoms with Crippen molar-refractivity contribution in [1.82, 2.24) is 10.6 Å². The third kappa shape index (κ3) is 4.70. The van der Waals surface area contributed by atoms with Crippen molar-refractivity contribution >= 4 is 11.8 Å². The van der Waals surface area contributed by atoms with E-state index in [4.69, 9.17) is 4.74 Å². The molecule has 1 heterocycles. The lowest BCUT2D eigenvalue weighted by molar-refractivity contribution is -0.119. The van der Waals surface area contributed by atoms with Crippen molar-refractivity contribution < 1.29 is 14.3 Å². The number of likely N-dealkylation sites (N-methyl/N-ethyl adjacent to an activating group) is 1. The number of hydrogen-bond acceptors (Lipinski definition) is 3. The fourth-order valence-electron chi connectivity index (χ4n) is 2.99. The molecule has 1 fully saturated rings. The summed E-state index contributed by atoms with van der Waals surface area (Å²) in [6, 6.07) is 15.5. The van der Waals surface area contributed by atoms with Crippen LogP contribution in [0, 0.1) is 5.92 Å². The van der Waals surface area contributed by atoms with Gasteiger partial charge >= 0.3 is 0 Å². The van der Waals surface area contributed by atoms with E-state index in [1.165, 1.54) is 0 Å². The second kappa shape index (κ2) is 8.63. The predicted octanol–water partition coefficient (Wildman–Crippen LogP) is 2.41. The normalized spacial score (nSPS) is 16.3. The van der Waals surface area contributed by atoms with E-state index >= 15 is 0 Å². The molecule has 1 aliphatic heterocycles. The summed E-state index contributed by atoms with van der Waals surface area (Å²) < 4.78 is 5.32. The van der Waals surface area contributed by atoms with E-state index in [1.54, 1.807) is 7.05 Å². The first-order valence-corrected chi connectivity index (χ1v) is 8.91. The van der Waals surface area contributed by atoms with Crippen LogP contribution in [-0.4, -0.2) is 38.6 Å². The number of hydrogen-bond donors (Lipinski definition) is 2. The predicted molar refractivity (Wildman–Crippen MR) is 101 cm³/mol. The van der Waals surface area contributed by atoms with Gasteiger partial charge in [0.05, 0.1) is 13.0 Å². The highest BCUT2D eigenvalue weighted by Gasteiger charge is 2.16. The molecule has 2 aromatic rings. The van der Waals surface area contributed by atoms with Crippen molar-refractivity contribution in [3.05, 3.63) is 59.7 Å². The number of carbonyl (C=O) groups excluding carboxylic acids is 2. The maximum absolute atomic E-state index is 12.2. The first-order chi connectivity index (χ1) is 12.7. The highest BCUT2D eigenvalue weighted by Crippen LogP contribution is 2.21. The van der Waals surface area contributed by atoms with Crippen LogP contribution in [0.1, 0.15) is 22.3 Å². The molecule has 1 unspecified atom stereocenters. The molecule has 1 aliphatic rings. The Morgan fingerprint density at radius 1 is 1.04 bits per heavy atom. The van der Waals surface area contributed by atoms with Gasteiger partial charge in [0.15, 0.2) is 0 Å². The molecule has 0 bridgehead atoms. The molecule has 0 saturated carbocycles. The van der Waals surface area contributed by atoms with Gasteiger partial charge in [-0.2, -0.15) is 0 Å². The standard InChI is InChI=1S/C21H24N2O3/c1-22-20(24)12-15-2-4-17(5-3-15)18-6-8-19(9-7-18)21(25)23-13-16-10-11-26-14-16/h2-9,16H,10-14H2,1H3,(H,22,24)(H,23,25). The Hall–Kier alpha value is -2.66. The second-order valence-corrected chi connectivity index (χ2v) is 6.56. The molecule has 0 radical (unpaired) electrons. The summed E-state index contributed by atoms with van der Waals surface area (Å²) in [6.07, 6.45) is 1.39. The molecule has 0 aromatic heterocycles. The van der Waals surface area contributed by atoms with Crippen molar-refractivity contribution in [2.45, 2.75) is 12.8 Å². The van der Waals surface area contributed by atoms with Crippen molar-refractivity contribution in [3.8, 4) is 11.1 Å². The summed E-state index contributed by atoms with van der Waals surface area (Å²) in [4.78, 5) is 23.7. The van der Waals surface area contributed by atoms with Crippen LogP contribution >= 0.6 is 0 Å². The third-order valence-corrected chi connectivity index (χ3v) is 4.65. The third-order valence-electron chi connectivity index (χ3n) is 4.65. The Morgan fingerprint density at radius 2 is 1.69 bits per heavy atom. The number of carbonyl (C=O) groups is 2. The fraction of sp³-hybridized carbons (Fsp3) is 0.333. The number of benzene rings is 2. The van der Waals surface area contributed by atoms with E-state index in [0.29, 0.717) is 24.4 Å². The maximum atomic E-state index is 12.2. The molecule has 5 heteroatoms. The quantitative estimate of drug-likeness (QED) is 0.839. The molecular weight excluding hydrogens is 328 g/mol. The van der Waals surface area contributed by atoms with Crippen molar-refractivity contribution in [2.24, 2.45) is 5.92 Å². The average Bonchev–Trinajstić information content (AvgIpc) is 3.20. The van der Waals surface area contributed by atoms with Crippen molar-refractivity contribution in [1.29, 1.82) is 0 Å². The largest absolute Gasteiger partial charge is 0.381 e. The van der Waals surface area contributed by atoms with Gasteiger partial charge in [-0.25, -0.2) is 0 Å². The molecule has 0 aliphatic carbocycles. The zero-order valence-corrected chi connectivity index (χ0v) is 15.0. The molecule has 5 nitrogen and oxygen atoms in total. The second-order valence-electron chi connectivity index (χ2n) is 6.56. The molecule has 2 aromatic carbocycles. The Bertz CT molecular complexity index is 748. The first kappa shape index (κ1) is 18.1. The van der Waals surface area contributed by atoms with E-state index in [0.717, 1.165) is 36.3 Å². The fourth-order valence-corrected chi connectivity index (χ4v) is 2.99. The molecule has 3 rings (SSSR count). The molecule has 0 spiro atoms. The SMILES string of the molecule is CNC(=O)Cc1ccc(-c2ccc(C(=O)NCC3CCOC3)cc2)cc1. The van der Waals surface area contributed by atoms with E-state index < -0.39 is 0 Å². The van der Waals surface area contributed by atoms with Crippen LogP contribution in [0.2, 0.25) is 0 Å². The van der Waals surface area contributed by atoms with Gasteiger partial charge < -0.3 is 15.4 Å². The van der Waals surface area contributed by atoms with Crippen LogP contribution in [0.15, 0.2) is 48.5 Å². The minimum Gasteiger partial charge on any atom is -0.381 e. The average molecular weight is 352 g/mol. The number of ether oxygens (including phenoxy) is 1. The molecule has 2 amide bonds. The molecule has 136 valence electrons. The lowest BCUT2D eigenvalue weighted by atomic mass is 10.0. The summed E-state index contributed by atoms with van der Waals surface area (Å²) in [6.45, 7) is 2.18. The Kier molecular flexibility index (Phi) is 6.02. The lowest BCUT2D eigenvalue weighted by Gasteiger charge is -2.10. The maximum Gasteiger partial charge on any atom is 0.251 e. The van der Waals surface area contributed by atoms with Crippen LogP contribution in [0.3, 0.4) is 0 Å². The summed E-state index contributed by atoms with van der Waals surface area (Å²) in [5.41, 5.74) is 3.72. The van der Waals surface area contributed by atoms with E-state index in [9.17, 15) is 9.59 Å². The topological polar surface area (TPSA) is 67.4 Å². The summed E-state index contributed by atoms with van der Waals surface area (Å²) in [5, 5.41) is 5.60. The summed E-state index contributed by atoms with van der Waals surface area (Å²) >= 11 is 0. The lowest BCUT2D eigenvalue weighted by Crippen LogP contribution is -2.29. The van der Waals surface area contributed by atoms with Crippen LogP contribution in [0.5, 0.6) is 0 Å². The van der Waals surface area contributed by atoms with Gasteiger partial charge in [0.1, 0.15) is 0 Å². The molecule has 2 N–H and O–H groups in total. The highest BCUT2D eigenvalue weighted by molar-refractivity contribution is 5.94. The van der Waals surface area contributed by atoms with Crippen LogP contribution in [0.25, 0.3) is 11.1 Å². The van der Waals surface area contributed by atoms with Crippen LogP contribution in [-0.2, 0) is 16.0 Å². The number of amides is 2. The number of rotatable bonds is 6. The van der Waals surface area contributed by atoms with Crippen molar-refractivity contribution in [2.75, 3.05) is 26.8 Å². The van der Waals surface area contributed by atoms with E-state index in [2.05, 4.69) is 10.6 Å². The van der Waals surface area contributed by atoms with E-state index in [1.807, 2.05) is 48.5 Å². The first-order valence-electron chi connectivity index (χ1n) is 8.91. The van der Waals surface area contributed by atoms with Gasteiger partial charge in [0, 0.05) is 31.7 Å². The zero-order valence-electron chi connectivity index (χ0n) is 15.0. The summed E-state index contributed by atoms with van der Waals surface area (Å²) in [7, 11) is 1.63. The Morgan fingerprint density at radius 3 is 2.27 bits per heavy atom. The van der Waals surface area contributed by atoms with Crippen LogP contribution in [0.4, 0.5) is 0 Å². The number of nitrogens with one attached hydrogen (secondary N) is 2. The monoisotopic (exact) mass is 352 g/mol. The van der Waals surface area contributed by atoms with Gasteiger partial charge in [-0.15, -0.1) is 0 Å². The molecule has 1 saturated heterocycles. The van der Waals surface area contributed by atoms with Crippen LogP contribution < -0.4 is 10.6 Å². The Labute approximate surface area is 153 Å². The van der Waals surface area contributed by atoms with Gasteiger partial charge in [0.2, 0.25) is 5.91 Å². The zero-order chi connectivity index (χ0) is 18.4. The van der Waals surface area contributed by atoms with Gasteiger partial charge in [-0.1, -0.05) is 36.4 Å². The Balaban J connectivity index is 1.59. The summed E-state index contributed by atoms with van der Waals surface area (Å²) in [5.74, 6) is 0.369. The molecular formula is C21H24N2O3. The minimum absolute atomic E-state index is 0.00252. The minimum atomic E-state index is -0.0515. The molecule has 26 heavy (non-hydrogen) atoms. The van der Waals surface area contributed by atoms with Gasteiger partial charge in [0.25, 0.3) is 5.91 Å². The van der Waals surface area contributed by atoms with Gasteiger partial charge in [-0.3, -0.25) is 9.59 Å². The van der Waals surface area contributed by atoms with E-state index in [-0.39, 0.29) is 11.8 Å². The molecule has 1 atom stereocenters. The smallest absolute Gasteiger partial charge is 0.251 e. The van der Waals surface area contributed by atoms with Crippen molar-refractivity contribution in [3.63, 3.8) is 0 Å². The highest BCUT2D eigenvalue weighted by atomic mass is 16.5. The van der Waals surface area contributed by atoms with Gasteiger partial charge in [-0.05, 0) is 35.2 Å².